The molecule has 9 atom stereocenters. The molecular formula is C28H53N3O7. The molecule has 0 radical (unpaired) electrons. The van der Waals surface area contributed by atoms with Gasteiger partial charge in [-0.15, -0.1) is 0 Å². The van der Waals surface area contributed by atoms with Crippen LogP contribution in [0.5, 0.6) is 0 Å². The van der Waals surface area contributed by atoms with Crippen molar-refractivity contribution in [2.75, 3.05) is 55.0 Å². The Bertz CT molecular complexity index is 792. The second kappa shape index (κ2) is 13.5. The van der Waals surface area contributed by atoms with E-state index in [2.05, 4.69) is 12.2 Å². The van der Waals surface area contributed by atoms with Crippen LogP contribution in [-0.2, 0) is 28.5 Å². The largest absolute Gasteiger partial charge is 0.463 e. The maximum atomic E-state index is 13.9. The Kier molecular flexibility index (Phi) is 11.7. The van der Waals surface area contributed by atoms with E-state index in [0.29, 0.717) is 25.9 Å². The molecule has 2 aliphatic rings. The van der Waals surface area contributed by atoms with Gasteiger partial charge in [0.25, 0.3) is 0 Å². The summed E-state index contributed by atoms with van der Waals surface area (Å²) < 4.78 is 24.4. The summed E-state index contributed by atoms with van der Waals surface area (Å²) in [5.41, 5.74) is -2.30. The Morgan fingerprint density at radius 1 is 1.11 bits per heavy atom. The van der Waals surface area contributed by atoms with Crippen LogP contribution >= 0.6 is 0 Å². The Balaban J connectivity index is 2.48. The van der Waals surface area contributed by atoms with Gasteiger partial charge >= 0.3 is 5.97 Å². The smallest absolute Gasteiger partial charge is 0.319 e. The number of likely N-dealkylation sites (N-methyl/N-ethyl adjacent to an activating group) is 2. The number of ketones is 1. The number of carbonyl (C=O) groups is 2. The van der Waals surface area contributed by atoms with Gasteiger partial charge in [0.1, 0.15) is 18.1 Å². The van der Waals surface area contributed by atoms with Gasteiger partial charge in [0.2, 0.25) is 0 Å². The lowest BCUT2D eigenvalue weighted by atomic mass is 9.74. The average molecular weight is 544 g/mol. The van der Waals surface area contributed by atoms with Crippen molar-refractivity contribution < 1.29 is 33.6 Å². The normalized spacial score (nSPS) is 39.8. The summed E-state index contributed by atoms with van der Waals surface area (Å²) >= 11 is 0. The molecule has 2 N–H and O–H groups in total. The molecule has 2 fully saturated rings. The van der Waals surface area contributed by atoms with Crippen LogP contribution in [0.2, 0.25) is 0 Å². The fourth-order valence-corrected chi connectivity index (χ4v) is 5.82. The summed E-state index contributed by atoms with van der Waals surface area (Å²) in [5, 5.41) is 14.7. The van der Waals surface area contributed by atoms with Crippen molar-refractivity contribution in [3.8, 4) is 0 Å². The molecule has 10 heteroatoms. The van der Waals surface area contributed by atoms with Crippen LogP contribution in [0.4, 0.5) is 0 Å². The number of hydrogen-bond donors (Lipinski definition) is 2. The molecule has 38 heavy (non-hydrogen) atoms. The molecule has 0 bridgehead atoms. The summed E-state index contributed by atoms with van der Waals surface area (Å²) in [4.78, 5) is 31.1. The van der Waals surface area contributed by atoms with Gasteiger partial charge in [-0.3, -0.25) is 9.59 Å². The molecule has 0 spiro atoms. The van der Waals surface area contributed by atoms with E-state index in [1.807, 2.05) is 51.8 Å². The van der Waals surface area contributed by atoms with Crippen LogP contribution in [-0.4, -0.2) is 124 Å². The molecule has 2 rings (SSSR count). The first-order chi connectivity index (χ1) is 17.5. The number of nitrogens with one attached hydrogen (secondary N) is 1. The lowest BCUT2D eigenvalue weighted by Gasteiger charge is -2.47. The maximum Gasteiger partial charge on any atom is 0.319 e. The standard InChI is InChI=1S/C28H53N3O7/c1-17-13-28(6,35-11)24(38-25-22(32)21(31(9)10)12-18(2)37-25)19(3)23(33)27(4,5)26(34)36-16-20(29-14-17)15-30(7)8/h17-22,24-25,29,32H,12-16H2,1-11H3/t17-,18-,19+,20+,21+,22-,24-,25+,28-/m1/s1. The number of aliphatic hydroxyl groups excluding tert-OH is 1. The zero-order chi connectivity index (χ0) is 29.0. The molecule has 10 nitrogen and oxygen atoms in total. The molecule has 2 heterocycles. The van der Waals surface area contributed by atoms with Gasteiger partial charge in [-0.1, -0.05) is 13.8 Å². The molecular weight excluding hydrogens is 490 g/mol. The second-order valence-electron chi connectivity index (χ2n) is 12.7. The molecule has 2 aliphatic heterocycles. The van der Waals surface area contributed by atoms with Crippen LogP contribution in [0.3, 0.4) is 0 Å². The van der Waals surface area contributed by atoms with Crippen molar-refractivity contribution >= 4 is 11.8 Å². The molecule has 0 aromatic rings. The molecule has 0 aliphatic carbocycles. The average Bonchev–Trinajstić information content (AvgIpc) is 2.83. The monoisotopic (exact) mass is 543 g/mol. The van der Waals surface area contributed by atoms with Gasteiger partial charge in [0.05, 0.1) is 23.9 Å². The number of ether oxygens (including phenoxy) is 4. The molecule has 0 aromatic carbocycles. The molecule has 0 unspecified atom stereocenters. The van der Waals surface area contributed by atoms with Crippen molar-refractivity contribution in [1.82, 2.24) is 15.1 Å². The van der Waals surface area contributed by atoms with E-state index in [0.717, 1.165) is 0 Å². The van der Waals surface area contributed by atoms with Crippen LogP contribution < -0.4 is 5.32 Å². The van der Waals surface area contributed by atoms with Crippen molar-refractivity contribution in [2.24, 2.45) is 17.3 Å². The molecule has 0 amide bonds. The summed E-state index contributed by atoms with van der Waals surface area (Å²) in [7, 11) is 9.39. The molecule has 0 aromatic heterocycles. The van der Waals surface area contributed by atoms with Gasteiger partial charge in [-0.2, -0.15) is 0 Å². The number of Topliss-reactive ketones (excluding diaryl/α,β-unsaturated/α-hetero) is 1. The van der Waals surface area contributed by atoms with E-state index in [1.54, 1.807) is 27.9 Å². The minimum absolute atomic E-state index is 0.0865. The third-order valence-electron chi connectivity index (χ3n) is 8.13. The lowest BCUT2D eigenvalue weighted by molar-refractivity contribution is -0.295. The van der Waals surface area contributed by atoms with E-state index in [-0.39, 0.29) is 36.5 Å². The number of rotatable bonds is 6. The van der Waals surface area contributed by atoms with Crippen LogP contribution in [0, 0.1) is 17.3 Å². The topological polar surface area (TPSA) is 110 Å². The summed E-state index contributed by atoms with van der Waals surface area (Å²) in [6.45, 7) is 12.5. The fraction of sp³-hybridized carbons (Fsp3) is 0.929. The summed E-state index contributed by atoms with van der Waals surface area (Å²) in [6.07, 6.45) is -1.57. The first-order valence-electron chi connectivity index (χ1n) is 13.8. The highest BCUT2D eigenvalue weighted by Gasteiger charge is 2.51. The van der Waals surface area contributed by atoms with E-state index < -0.39 is 41.4 Å². The number of aliphatic hydroxyl groups is 1. The highest BCUT2D eigenvalue weighted by atomic mass is 16.7. The van der Waals surface area contributed by atoms with Gasteiger partial charge in [-0.05, 0) is 81.2 Å². The third-order valence-corrected chi connectivity index (χ3v) is 8.13. The minimum atomic E-state index is -1.40. The number of methoxy groups -OCH3 is 1. The Morgan fingerprint density at radius 2 is 1.74 bits per heavy atom. The van der Waals surface area contributed by atoms with E-state index >= 15 is 0 Å². The number of cyclic esters (lactones) is 1. The summed E-state index contributed by atoms with van der Waals surface area (Å²) in [5.74, 6) is -1.47. The first-order valence-corrected chi connectivity index (χ1v) is 13.8. The predicted molar refractivity (Wildman–Crippen MR) is 146 cm³/mol. The predicted octanol–water partition coefficient (Wildman–Crippen LogP) is 1.54. The van der Waals surface area contributed by atoms with Crippen LogP contribution in [0.1, 0.15) is 54.4 Å². The van der Waals surface area contributed by atoms with Crippen molar-refractivity contribution in [3.05, 3.63) is 0 Å². The van der Waals surface area contributed by atoms with E-state index in [1.165, 1.54) is 0 Å². The number of hydrogen-bond acceptors (Lipinski definition) is 10. The van der Waals surface area contributed by atoms with Crippen molar-refractivity contribution in [2.45, 2.75) is 96.7 Å². The fourth-order valence-electron chi connectivity index (χ4n) is 5.82. The second-order valence-corrected chi connectivity index (χ2v) is 12.7. The van der Waals surface area contributed by atoms with E-state index in [4.69, 9.17) is 18.9 Å². The van der Waals surface area contributed by atoms with Crippen molar-refractivity contribution in [1.29, 1.82) is 0 Å². The molecule has 2 saturated heterocycles. The minimum Gasteiger partial charge on any atom is -0.463 e. The zero-order valence-corrected chi connectivity index (χ0v) is 25.4. The Hall–Kier alpha value is -1.14. The Morgan fingerprint density at radius 3 is 2.29 bits per heavy atom. The third kappa shape index (κ3) is 7.96. The Labute approximate surface area is 229 Å². The SMILES string of the molecule is CO[C@]1(C)C[C@@H](C)CN[C@@H](CN(C)C)COC(=O)C(C)(C)C(=O)[C@H](C)[C@H]1O[C@@H]1O[C@H](C)C[C@H](N(C)C)[C@H]1O. The van der Waals surface area contributed by atoms with Gasteiger partial charge < -0.3 is 39.2 Å². The van der Waals surface area contributed by atoms with Gasteiger partial charge in [-0.25, -0.2) is 0 Å². The summed E-state index contributed by atoms with van der Waals surface area (Å²) in [6, 6.07) is -0.252. The molecule has 222 valence electrons. The first kappa shape index (κ1) is 33.1. The van der Waals surface area contributed by atoms with Crippen molar-refractivity contribution in [3.63, 3.8) is 0 Å². The maximum absolute atomic E-state index is 13.9. The van der Waals surface area contributed by atoms with Gasteiger partial charge in [0.15, 0.2) is 12.1 Å². The van der Waals surface area contributed by atoms with Crippen LogP contribution in [0.25, 0.3) is 0 Å². The highest BCUT2D eigenvalue weighted by Crippen LogP contribution is 2.37. The lowest BCUT2D eigenvalue weighted by Crippen LogP contribution is -2.59. The number of nitrogens with zero attached hydrogens (tertiary/aromatic N) is 2. The zero-order valence-electron chi connectivity index (χ0n) is 25.4. The highest BCUT2D eigenvalue weighted by molar-refractivity contribution is 6.04. The quantitative estimate of drug-likeness (QED) is 0.378. The van der Waals surface area contributed by atoms with Gasteiger partial charge in [0, 0.05) is 25.6 Å². The number of esters is 1. The number of carbonyl (C=O) groups excluding carboxylic acids is 2. The molecule has 0 saturated carbocycles. The van der Waals surface area contributed by atoms with Crippen LogP contribution in [0.15, 0.2) is 0 Å². The van der Waals surface area contributed by atoms with E-state index in [9.17, 15) is 14.7 Å².